The van der Waals surface area contributed by atoms with Crippen molar-refractivity contribution < 1.29 is 14.9 Å². The third-order valence-corrected chi connectivity index (χ3v) is 4.88. The van der Waals surface area contributed by atoms with Gasteiger partial charge in [-0.05, 0) is 30.4 Å². The summed E-state index contributed by atoms with van der Waals surface area (Å²) in [6.45, 7) is 6.76. The third-order valence-electron chi connectivity index (χ3n) is 4.88. The number of carbonyl (C=O) groups is 1. The first-order valence-electron chi connectivity index (χ1n) is 8.04. The molecule has 0 saturated heterocycles. The number of nitrogens with one attached hydrogen (secondary N) is 1. The maximum absolute atomic E-state index is 11.3. The topological polar surface area (TPSA) is 51.3 Å². The first-order chi connectivity index (χ1) is 10.1. The fraction of sp³-hybridized carbons (Fsp3) is 0.556. The summed E-state index contributed by atoms with van der Waals surface area (Å²) >= 11 is 0. The van der Waals surface area contributed by atoms with Gasteiger partial charge in [0.25, 0.3) is 0 Å². The molecule has 2 aliphatic rings. The number of hydrogen-bond donors (Lipinski definition) is 2. The van der Waals surface area contributed by atoms with Crippen molar-refractivity contribution in [2.75, 3.05) is 6.54 Å². The average molecular weight is 288 g/mol. The largest absolute Gasteiger partial charge is 0.481 e. The molecule has 1 aromatic rings. The van der Waals surface area contributed by atoms with Crippen LogP contribution in [0.5, 0.6) is 0 Å². The number of carboxylic acids is 1. The van der Waals surface area contributed by atoms with Gasteiger partial charge in [-0.1, -0.05) is 45.0 Å². The Labute approximate surface area is 127 Å². The van der Waals surface area contributed by atoms with E-state index in [9.17, 15) is 9.90 Å². The molecular weight excluding hydrogens is 262 g/mol. The molecule has 0 spiro atoms. The lowest BCUT2D eigenvalue weighted by Gasteiger charge is -2.39. The van der Waals surface area contributed by atoms with Gasteiger partial charge < -0.3 is 5.11 Å². The molecule has 2 N–H and O–H groups in total. The van der Waals surface area contributed by atoms with Gasteiger partial charge in [-0.25, -0.2) is 4.99 Å². The van der Waals surface area contributed by atoms with Crippen LogP contribution in [0.2, 0.25) is 0 Å². The van der Waals surface area contributed by atoms with Gasteiger partial charge in [0.1, 0.15) is 5.92 Å². The van der Waals surface area contributed by atoms with Crippen LogP contribution in [-0.4, -0.2) is 23.3 Å². The first-order valence-corrected chi connectivity index (χ1v) is 8.04. The van der Waals surface area contributed by atoms with Gasteiger partial charge in [0.15, 0.2) is 12.3 Å². The fourth-order valence-corrected chi connectivity index (χ4v) is 3.64. The van der Waals surface area contributed by atoms with E-state index in [0.29, 0.717) is 6.54 Å². The molecule has 0 saturated carbocycles. The van der Waals surface area contributed by atoms with Crippen molar-refractivity contribution >= 4 is 11.7 Å². The molecule has 21 heavy (non-hydrogen) atoms. The van der Waals surface area contributed by atoms with Crippen molar-refractivity contribution in [2.45, 2.75) is 46.5 Å². The molecule has 3 nitrogen and oxygen atoms in total. The number of fused-ring (bicyclic) bond motifs is 2. The highest BCUT2D eigenvalue weighted by Crippen LogP contribution is 2.40. The van der Waals surface area contributed by atoms with E-state index in [4.69, 9.17) is 0 Å². The molecule has 1 heterocycles. The van der Waals surface area contributed by atoms with Crippen molar-refractivity contribution in [2.24, 2.45) is 11.3 Å². The normalized spacial score (nSPS) is 26.6. The first kappa shape index (κ1) is 15.7. The molecule has 0 amide bonds. The lowest BCUT2D eigenvalue weighted by atomic mass is 9.63. The van der Waals surface area contributed by atoms with Crippen LogP contribution < -0.4 is 4.99 Å². The zero-order valence-corrected chi connectivity index (χ0v) is 13.3. The van der Waals surface area contributed by atoms with Gasteiger partial charge in [0.05, 0.1) is 11.8 Å². The Morgan fingerprint density at radius 1 is 1.33 bits per heavy atom. The Morgan fingerprint density at radius 3 is 2.62 bits per heavy atom. The lowest BCUT2D eigenvalue weighted by molar-refractivity contribution is -0.478. The van der Waals surface area contributed by atoms with Gasteiger partial charge in [-0.3, -0.25) is 4.79 Å². The molecular formula is C18H26NO2+. The van der Waals surface area contributed by atoms with E-state index in [1.54, 1.807) is 0 Å². The summed E-state index contributed by atoms with van der Waals surface area (Å²) in [5, 5.41) is 9.28. The minimum Gasteiger partial charge on any atom is -0.481 e. The van der Waals surface area contributed by atoms with Crippen molar-refractivity contribution in [3.05, 3.63) is 35.4 Å². The molecule has 0 radical (unpaired) electrons. The second-order valence-corrected chi connectivity index (χ2v) is 5.85. The van der Waals surface area contributed by atoms with E-state index in [0.717, 1.165) is 25.7 Å². The van der Waals surface area contributed by atoms with E-state index in [1.807, 2.05) is 13.8 Å². The summed E-state index contributed by atoms with van der Waals surface area (Å²) in [5.74, 6) is -0.924. The average Bonchev–Trinajstić information content (AvgIpc) is 2.54. The van der Waals surface area contributed by atoms with Crippen LogP contribution in [0.4, 0.5) is 0 Å². The highest BCUT2D eigenvalue weighted by atomic mass is 16.4. The Hall–Kier alpha value is -1.64. The zero-order valence-electron chi connectivity index (χ0n) is 13.3. The summed E-state index contributed by atoms with van der Waals surface area (Å²) in [6, 6.07) is 8.54. The van der Waals surface area contributed by atoms with Gasteiger partial charge in [-0.2, -0.15) is 0 Å². The summed E-state index contributed by atoms with van der Waals surface area (Å²) in [6.07, 6.45) is 3.71. The highest BCUT2D eigenvalue weighted by Gasteiger charge is 2.48. The molecule has 3 heteroatoms. The maximum atomic E-state index is 11.3. The van der Waals surface area contributed by atoms with E-state index < -0.39 is 5.97 Å². The minimum atomic E-state index is -0.668. The molecule has 1 aromatic carbocycles. The highest BCUT2D eigenvalue weighted by molar-refractivity contribution is 5.90. The Balaban J connectivity index is 0.000000774. The van der Waals surface area contributed by atoms with E-state index in [-0.39, 0.29) is 11.3 Å². The number of hydrogen-bond acceptors (Lipinski definition) is 1. The monoisotopic (exact) mass is 288 g/mol. The van der Waals surface area contributed by atoms with Crippen LogP contribution in [0.3, 0.4) is 0 Å². The predicted molar refractivity (Wildman–Crippen MR) is 84.5 cm³/mol. The number of rotatable bonds is 2. The van der Waals surface area contributed by atoms with E-state index in [2.05, 4.69) is 36.2 Å². The number of aliphatic carboxylic acids is 1. The molecule has 0 fully saturated rings. The Kier molecular flexibility index (Phi) is 4.81. The molecule has 0 bridgehead atoms. The van der Waals surface area contributed by atoms with Crippen molar-refractivity contribution in [3.8, 4) is 0 Å². The lowest BCUT2D eigenvalue weighted by Crippen LogP contribution is -2.82. The zero-order chi connectivity index (χ0) is 15.5. The summed E-state index contributed by atoms with van der Waals surface area (Å²) in [5.41, 5.74) is 4.17. The summed E-state index contributed by atoms with van der Waals surface area (Å²) in [7, 11) is 0. The van der Waals surface area contributed by atoms with Crippen LogP contribution in [0.1, 0.15) is 44.7 Å². The van der Waals surface area contributed by atoms with Crippen molar-refractivity contribution in [3.63, 3.8) is 0 Å². The maximum Gasteiger partial charge on any atom is 0.312 e. The van der Waals surface area contributed by atoms with Crippen LogP contribution >= 0.6 is 0 Å². The second kappa shape index (κ2) is 6.42. The Morgan fingerprint density at radius 2 is 2.00 bits per heavy atom. The quantitative estimate of drug-likeness (QED) is 0.872. The molecule has 1 aliphatic carbocycles. The van der Waals surface area contributed by atoms with Gasteiger partial charge in [-0.15, -0.1) is 0 Å². The van der Waals surface area contributed by atoms with Gasteiger partial charge in [0.2, 0.25) is 0 Å². The van der Waals surface area contributed by atoms with Crippen LogP contribution in [-0.2, 0) is 17.6 Å². The third kappa shape index (κ3) is 2.87. The molecule has 1 unspecified atom stereocenters. The number of benzene rings is 1. The van der Waals surface area contributed by atoms with Crippen molar-refractivity contribution in [1.29, 1.82) is 0 Å². The fourth-order valence-electron chi connectivity index (χ4n) is 3.64. The molecule has 0 aromatic heterocycles. The standard InChI is InChI=1S/C16H19NO2.C2H6/c1-2-16-8-12-6-4-3-5-11(12)7-14(16)17-10-13(9-16)15(18)19;1-2/h3-6,13H,2,7-10H2,1H3,(H,18,19);1-2H3/p+1/t13-,16?;/m1./s1. The van der Waals surface area contributed by atoms with Crippen LogP contribution in [0.15, 0.2) is 24.3 Å². The van der Waals surface area contributed by atoms with Gasteiger partial charge >= 0.3 is 5.97 Å². The van der Waals surface area contributed by atoms with Gasteiger partial charge in [0, 0.05) is 0 Å². The second-order valence-electron chi connectivity index (χ2n) is 5.85. The van der Waals surface area contributed by atoms with Crippen molar-refractivity contribution in [1.82, 2.24) is 0 Å². The van der Waals surface area contributed by atoms with E-state index >= 15 is 0 Å². The molecule has 1 aliphatic heterocycles. The molecule has 2 atom stereocenters. The molecule has 114 valence electrons. The summed E-state index contributed by atoms with van der Waals surface area (Å²) in [4.78, 5) is 14.7. The predicted octanol–water partition coefficient (Wildman–Crippen LogP) is 1.83. The van der Waals surface area contributed by atoms with E-state index in [1.165, 1.54) is 16.8 Å². The SMILES string of the molecule is CC.CCC12Cc3ccccc3CC1=[NH+]C[C@H](C(=O)O)C2. The Bertz CT molecular complexity index is 550. The smallest absolute Gasteiger partial charge is 0.312 e. The van der Waals surface area contributed by atoms with Crippen LogP contribution in [0, 0.1) is 11.3 Å². The minimum absolute atomic E-state index is 0.0374. The number of carboxylic acid groups (broad SMARTS) is 1. The molecule has 3 rings (SSSR count). The van der Waals surface area contributed by atoms with Crippen LogP contribution in [0.25, 0.3) is 0 Å². The summed E-state index contributed by atoms with van der Waals surface area (Å²) < 4.78 is 0.